The number of rotatable bonds is 4. The Labute approximate surface area is 200 Å². The smallest absolute Gasteiger partial charge is 0.322 e. The number of anilines is 1. The van der Waals surface area contributed by atoms with Gasteiger partial charge in [-0.15, -0.1) is 0 Å². The lowest BCUT2D eigenvalue weighted by Crippen LogP contribution is -2.49. The quantitative estimate of drug-likeness (QED) is 0.680. The molecule has 2 aliphatic heterocycles. The van der Waals surface area contributed by atoms with Gasteiger partial charge in [0.15, 0.2) is 0 Å². The normalized spacial score (nSPS) is 20.6. The summed E-state index contributed by atoms with van der Waals surface area (Å²) >= 11 is 0. The minimum absolute atomic E-state index is 0.0300. The molecule has 0 bridgehead atoms. The number of amides is 4. The molecule has 1 unspecified atom stereocenters. The van der Waals surface area contributed by atoms with Crippen LogP contribution in [0.5, 0.6) is 0 Å². The summed E-state index contributed by atoms with van der Waals surface area (Å²) in [6.45, 7) is 14.5. The number of aromatic nitrogens is 1. The van der Waals surface area contributed by atoms with Gasteiger partial charge >= 0.3 is 6.03 Å². The lowest BCUT2D eigenvalue weighted by Gasteiger charge is -2.36. The molecule has 2 aliphatic rings. The van der Waals surface area contributed by atoms with E-state index in [1.165, 1.54) is 5.56 Å². The van der Waals surface area contributed by atoms with Crippen LogP contribution in [0.2, 0.25) is 0 Å². The predicted octanol–water partition coefficient (Wildman–Crippen LogP) is 2.97. The molecule has 2 saturated heterocycles. The molecule has 8 nitrogen and oxygen atoms in total. The summed E-state index contributed by atoms with van der Waals surface area (Å²) in [6.07, 6.45) is 0. The molecule has 34 heavy (non-hydrogen) atoms. The number of imide groups is 1. The second-order valence-corrected chi connectivity index (χ2v) is 9.71. The minimum Gasteiger partial charge on any atom is -0.353 e. The molecule has 180 valence electrons. The third-order valence-corrected chi connectivity index (χ3v) is 7.16. The van der Waals surface area contributed by atoms with Crippen molar-refractivity contribution in [1.82, 2.24) is 20.5 Å². The van der Waals surface area contributed by atoms with Crippen LogP contribution < -0.4 is 15.5 Å². The minimum atomic E-state index is -1.13. The Morgan fingerprint density at radius 1 is 0.971 bits per heavy atom. The molecular formula is C26H33N5O3. The van der Waals surface area contributed by atoms with Crippen LogP contribution in [0.1, 0.15) is 52.2 Å². The average molecular weight is 464 g/mol. The number of piperazine rings is 1. The SMILES string of the molecule is Cc1cc(C(=O)N2CCN(c3nc(C)c(C)cc3C)CC2)ccc1C1(C(C)C)NC(=O)NC1=O. The first-order valence-electron chi connectivity index (χ1n) is 11.8. The fourth-order valence-electron chi connectivity index (χ4n) is 5.07. The van der Waals surface area contributed by atoms with Gasteiger partial charge < -0.3 is 15.1 Å². The molecule has 3 heterocycles. The first-order valence-corrected chi connectivity index (χ1v) is 11.8. The van der Waals surface area contributed by atoms with Gasteiger partial charge in [0.1, 0.15) is 11.4 Å². The van der Waals surface area contributed by atoms with E-state index in [2.05, 4.69) is 35.4 Å². The van der Waals surface area contributed by atoms with Gasteiger partial charge in [-0.05, 0) is 68.0 Å². The Morgan fingerprint density at radius 2 is 1.65 bits per heavy atom. The van der Waals surface area contributed by atoms with Crippen molar-refractivity contribution < 1.29 is 14.4 Å². The van der Waals surface area contributed by atoms with E-state index in [1.807, 2.05) is 38.7 Å². The lowest BCUT2D eigenvalue weighted by molar-refractivity contribution is -0.125. The van der Waals surface area contributed by atoms with Crippen molar-refractivity contribution in [2.75, 3.05) is 31.1 Å². The van der Waals surface area contributed by atoms with Crippen molar-refractivity contribution in [3.8, 4) is 0 Å². The van der Waals surface area contributed by atoms with Crippen molar-refractivity contribution in [1.29, 1.82) is 0 Å². The van der Waals surface area contributed by atoms with Crippen LogP contribution >= 0.6 is 0 Å². The summed E-state index contributed by atoms with van der Waals surface area (Å²) < 4.78 is 0. The highest BCUT2D eigenvalue weighted by Gasteiger charge is 2.50. The fraction of sp³-hybridized carbons (Fsp3) is 0.462. The molecule has 2 fully saturated rings. The number of urea groups is 1. The molecule has 8 heteroatoms. The number of aryl methyl sites for hydroxylation is 4. The van der Waals surface area contributed by atoms with E-state index < -0.39 is 11.6 Å². The third-order valence-electron chi connectivity index (χ3n) is 7.16. The molecule has 4 rings (SSSR count). The van der Waals surface area contributed by atoms with Gasteiger partial charge in [-0.2, -0.15) is 0 Å². The van der Waals surface area contributed by atoms with Crippen molar-refractivity contribution in [3.63, 3.8) is 0 Å². The zero-order valence-electron chi connectivity index (χ0n) is 20.8. The Kier molecular flexibility index (Phi) is 6.10. The highest BCUT2D eigenvalue weighted by Crippen LogP contribution is 2.35. The monoisotopic (exact) mass is 463 g/mol. The van der Waals surface area contributed by atoms with E-state index in [0.29, 0.717) is 24.2 Å². The van der Waals surface area contributed by atoms with Crippen LogP contribution in [-0.2, 0) is 10.3 Å². The number of carbonyl (C=O) groups is 3. The molecule has 2 N–H and O–H groups in total. The summed E-state index contributed by atoms with van der Waals surface area (Å²) in [7, 11) is 0. The number of hydrogen-bond donors (Lipinski definition) is 2. The highest BCUT2D eigenvalue weighted by molar-refractivity contribution is 6.08. The van der Waals surface area contributed by atoms with Crippen molar-refractivity contribution in [2.45, 2.75) is 47.1 Å². The van der Waals surface area contributed by atoms with Crippen molar-refractivity contribution >= 4 is 23.7 Å². The van der Waals surface area contributed by atoms with Gasteiger partial charge in [0, 0.05) is 37.4 Å². The predicted molar refractivity (Wildman–Crippen MR) is 131 cm³/mol. The Bertz CT molecular complexity index is 1170. The van der Waals surface area contributed by atoms with E-state index in [0.717, 1.165) is 35.7 Å². The second kappa shape index (κ2) is 8.74. The molecule has 1 atom stereocenters. The van der Waals surface area contributed by atoms with Gasteiger partial charge in [0.2, 0.25) is 0 Å². The molecule has 2 aromatic rings. The molecule has 1 aromatic carbocycles. The van der Waals surface area contributed by atoms with E-state index >= 15 is 0 Å². The Balaban J connectivity index is 1.51. The number of benzene rings is 1. The molecular weight excluding hydrogens is 430 g/mol. The number of nitrogens with one attached hydrogen (secondary N) is 2. The zero-order valence-corrected chi connectivity index (χ0v) is 20.8. The van der Waals surface area contributed by atoms with Crippen LogP contribution in [0.4, 0.5) is 10.6 Å². The van der Waals surface area contributed by atoms with Gasteiger partial charge in [-0.25, -0.2) is 9.78 Å². The highest BCUT2D eigenvalue weighted by atomic mass is 16.2. The van der Waals surface area contributed by atoms with Crippen LogP contribution in [0.25, 0.3) is 0 Å². The number of nitrogens with zero attached hydrogens (tertiary/aromatic N) is 3. The van der Waals surface area contributed by atoms with Gasteiger partial charge in [-0.1, -0.05) is 26.0 Å². The first-order chi connectivity index (χ1) is 16.0. The summed E-state index contributed by atoms with van der Waals surface area (Å²) in [5, 5.41) is 5.17. The maximum absolute atomic E-state index is 13.3. The van der Waals surface area contributed by atoms with Crippen LogP contribution in [0.15, 0.2) is 24.3 Å². The van der Waals surface area contributed by atoms with Crippen LogP contribution in [0.3, 0.4) is 0 Å². The van der Waals surface area contributed by atoms with Gasteiger partial charge in [0.05, 0.1) is 0 Å². The molecule has 0 radical (unpaired) electrons. The summed E-state index contributed by atoms with van der Waals surface area (Å²) in [4.78, 5) is 46.8. The number of carbonyl (C=O) groups excluding carboxylic acids is 3. The molecule has 0 spiro atoms. The van der Waals surface area contributed by atoms with E-state index in [-0.39, 0.29) is 17.7 Å². The second-order valence-electron chi connectivity index (χ2n) is 9.71. The van der Waals surface area contributed by atoms with Crippen molar-refractivity contribution in [2.24, 2.45) is 5.92 Å². The molecule has 0 aliphatic carbocycles. The lowest BCUT2D eigenvalue weighted by atomic mass is 9.77. The number of pyridine rings is 1. The summed E-state index contributed by atoms with van der Waals surface area (Å²) in [6, 6.07) is 7.04. The summed E-state index contributed by atoms with van der Waals surface area (Å²) in [5.41, 5.74) is 4.32. The largest absolute Gasteiger partial charge is 0.353 e. The van der Waals surface area contributed by atoms with Gasteiger partial charge in [0.25, 0.3) is 11.8 Å². The maximum atomic E-state index is 13.3. The van der Waals surface area contributed by atoms with Crippen LogP contribution in [0, 0.1) is 33.6 Å². The zero-order chi connectivity index (χ0) is 24.8. The maximum Gasteiger partial charge on any atom is 0.322 e. The van der Waals surface area contributed by atoms with Crippen LogP contribution in [-0.4, -0.2) is 53.9 Å². The van der Waals surface area contributed by atoms with Gasteiger partial charge in [-0.3, -0.25) is 14.9 Å². The third kappa shape index (κ3) is 3.91. The Hall–Kier alpha value is -3.42. The Morgan fingerprint density at radius 3 is 2.21 bits per heavy atom. The fourth-order valence-corrected chi connectivity index (χ4v) is 5.07. The van der Waals surface area contributed by atoms with Crippen molar-refractivity contribution in [3.05, 3.63) is 57.8 Å². The first kappa shape index (κ1) is 23.7. The average Bonchev–Trinajstić information content (AvgIpc) is 3.10. The van der Waals surface area contributed by atoms with E-state index in [1.54, 1.807) is 12.1 Å². The molecule has 1 aromatic heterocycles. The topological polar surface area (TPSA) is 94.6 Å². The molecule has 4 amide bonds. The van der Waals surface area contributed by atoms with E-state index in [9.17, 15) is 14.4 Å². The number of hydrogen-bond acceptors (Lipinski definition) is 5. The standard InChI is InChI=1S/C26H33N5O3/c1-15(2)26(24(33)28-25(34)29-26)21-8-7-20(14-17(21)4)23(32)31-11-9-30(10-12-31)22-18(5)13-16(3)19(6)27-22/h7-8,13-15H,9-12H2,1-6H3,(H2,28,29,33,34). The summed E-state index contributed by atoms with van der Waals surface area (Å²) in [5.74, 6) is 0.444. The van der Waals surface area contributed by atoms with E-state index in [4.69, 9.17) is 4.98 Å². The molecule has 0 saturated carbocycles.